The van der Waals surface area contributed by atoms with Crippen molar-refractivity contribution in [3.8, 4) is 0 Å². The minimum Gasteiger partial charge on any atom is -0.330 e. The minimum absolute atomic E-state index is 0.0865. The first kappa shape index (κ1) is 10.8. The second kappa shape index (κ2) is 4.81. The Labute approximate surface area is 80.7 Å². The summed E-state index contributed by atoms with van der Waals surface area (Å²) in [6, 6.07) is 3.79. The molecule has 0 unspecified atom stereocenters. The van der Waals surface area contributed by atoms with Gasteiger partial charge in [0.05, 0.1) is 0 Å². The van der Waals surface area contributed by atoms with Crippen molar-refractivity contribution >= 4 is 5.78 Å². The molecule has 0 radical (unpaired) electrons. The molecule has 4 heteroatoms. The zero-order chi connectivity index (χ0) is 10.6. The van der Waals surface area contributed by atoms with Crippen LogP contribution in [0, 0.1) is 11.6 Å². The quantitative estimate of drug-likeness (QED) is 0.797. The van der Waals surface area contributed by atoms with Gasteiger partial charge >= 0.3 is 0 Å². The lowest BCUT2D eigenvalue weighted by molar-refractivity contribution is -0.118. The van der Waals surface area contributed by atoms with Gasteiger partial charge in [0.25, 0.3) is 0 Å². The molecule has 2 nitrogen and oxygen atoms in total. The molecule has 0 saturated carbocycles. The van der Waals surface area contributed by atoms with Crippen molar-refractivity contribution in [2.45, 2.75) is 12.8 Å². The van der Waals surface area contributed by atoms with Crippen molar-refractivity contribution in [2.75, 3.05) is 6.54 Å². The molecule has 1 rings (SSSR count). The molecular weight excluding hydrogens is 188 g/mol. The van der Waals surface area contributed by atoms with Crippen LogP contribution in [0.1, 0.15) is 12.0 Å². The molecule has 0 saturated heterocycles. The maximum atomic E-state index is 13.0. The molecule has 0 aromatic heterocycles. The lowest BCUT2D eigenvalue weighted by Gasteiger charge is -2.02. The molecule has 0 aliphatic carbocycles. The third-order valence-corrected chi connectivity index (χ3v) is 1.84. The summed E-state index contributed by atoms with van der Waals surface area (Å²) in [7, 11) is 0. The Morgan fingerprint density at radius 3 is 2.71 bits per heavy atom. The Morgan fingerprint density at radius 1 is 1.36 bits per heavy atom. The van der Waals surface area contributed by atoms with E-state index in [0.29, 0.717) is 0 Å². The molecular formula is C10H11F2NO. The molecule has 0 amide bonds. The highest BCUT2D eigenvalue weighted by molar-refractivity contribution is 5.81. The Balaban J connectivity index is 2.76. The summed E-state index contributed by atoms with van der Waals surface area (Å²) in [4.78, 5) is 11.1. The first-order valence-electron chi connectivity index (χ1n) is 4.30. The van der Waals surface area contributed by atoms with E-state index in [2.05, 4.69) is 0 Å². The number of carbonyl (C=O) groups is 1. The lowest BCUT2D eigenvalue weighted by Crippen LogP contribution is -2.11. The van der Waals surface area contributed by atoms with Crippen LogP contribution in [0.2, 0.25) is 0 Å². The van der Waals surface area contributed by atoms with E-state index in [9.17, 15) is 13.6 Å². The molecule has 0 atom stereocenters. The summed E-state index contributed by atoms with van der Waals surface area (Å²) in [5.41, 5.74) is 5.25. The fraction of sp³-hybridized carbons (Fsp3) is 0.300. The first-order chi connectivity index (χ1) is 6.65. The van der Waals surface area contributed by atoms with Gasteiger partial charge in [0, 0.05) is 12.8 Å². The van der Waals surface area contributed by atoms with E-state index in [4.69, 9.17) is 5.73 Å². The van der Waals surface area contributed by atoms with Crippen LogP contribution in [0.3, 0.4) is 0 Å². The van der Waals surface area contributed by atoms with Crippen molar-refractivity contribution in [3.63, 3.8) is 0 Å². The smallest absolute Gasteiger partial charge is 0.162 e. The maximum absolute atomic E-state index is 13.0. The molecule has 14 heavy (non-hydrogen) atoms. The van der Waals surface area contributed by atoms with Gasteiger partial charge < -0.3 is 5.73 Å². The van der Waals surface area contributed by atoms with Crippen LogP contribution in [0.5, 0.6) is 0 Å². The van der Waals surface area contributed by atoms with Crippen LogP contribution in [0.15, 0.2) is 18.2 Å². The van der Waals surface area contributed by atoms with Crippen molar-refractivity contribution in [2.24, 2.45) is 5.73 Å². The highest BCUT2D eigenvalue weighted by Gasteiger charge is 2.10. The second-order valence-electron chi connectivity index (χ2n) is 2.97. The molecule has 0 aliphatic rings. The number of hydrogen-bond donors (Lipinski definition) is 1. The second-order valence-corrected chi connectivity index (χ2v) is 2.97. The van der Waals surface area contributed by atoms with Gasteiger partial charge in [-0.2, -0.15) is 0 Å². The number of Topliss-reactive ketones (excluding diaryl/α,β-unsaturated/α-hetero) is 1. The molecule has 0 bridgehead atoms. The van der Waals surface area contributed by atoms with Gasteiger partial charge in [-0.15, -0.1) is 0 Å². The molecule has 2 N–H and O–H groups in total. The van der Waals surface area contributed by atoms with Crippen LogP contribution >= 0.6 is 0 Å². The number of nitrogens with two attached hydrogens (primary N) is 1. The summed E-state index contributed by atoms with van der Waals surface area (Å²) in [6.07, 6.45) is 0.0940. The zero-order valence-corrected chi connectivity index (χ0v) is 7.59. The third-order valence-electron chi connectivity index (χ3n) is 1.84. The zero-order valence-electron chi connectivity index (χ0n) is 7.59. The van der Waals surface area contributed by atoms with Crippen molar-refractivity contribution in [3.05, 3.63) is 35.4 Å². The van der Waals surface area contributed by atoms with E-state index in [1.807, 2.05) is 0 Å². The Kier molecular flexibility index (Phi) is 3.71. The van der Waals surface area contributed by atoms with E-state index in [-0.39, 0.29) is 30.7 Å². The SMILES string of the molecule is NCCC(=O)Cc1cccc(F)c1F. The van der Waals surface area contributed by atoms with Crippen LogP contribution in [0.4, 0.5) is 8.78 Å². The maximum Gasteiger partial charge on any atom is 0.162 e. The summed E-state index contributed by atoms with van der Waals surface area (Å²) >= 11 is 0. The van der Waals surface area contributed by atoms with Crippen LogP contribution in [-0.4, -0.2) is 12.3 Å². The standard InChI is InChI=1S/C10H11F2NO/c11-9-3-1-2-7(10(9)12)6-8(14)4-5-13/h1-3H,4-6,13H2. The summed E-state index contributed by atoms with van der Waals surface area (Å²) in [5, 5.41) is 0. The van der Waals surface area contributed by atoms with Gasteiger partial charge in [-0.25, -0.2) is 8.78 Å². The number of carbonyl (C=O) groups excluding carboxylic acids is 1. The van der Waals surface area contributed by atoms with Gasteiger partial charge in [0.2, 0.25) is 0 Å². The van der Waals surface area contributed by atoms with Crippen LogP contribution < -0.4 is 5.73 Å². The third kappa shape index (κ3) is 2.60. The van der Waals surface area contributed by atoms with Gasteiger partial charge in [0.15, 0.2) is 11.6 Å². The molecule has 1 aromatic rings. The number of benzene rings is 1. The molecule has 0 spiro atoms. The van der Waals surface area contributed by atoms with E-state index < -0.39 is 11.6 Å². The van der Waals surface area contributed by atoms with Gasteiger partial charge in [-0.3, -0.25) is 4.79 Å². The first-order valence-corrected chi connectivity index (χ1v) is 4.30. The normalized spacial score (nSPS) is 10.2. The predicted octanol–water partition coefficient (Wildman–Crippen LogP) is 1.43. The van der Waals surface area contributed by atoms with E-state index >= 15 is 0 Å². The van der Waals surface area contributed by atoms with Crippen LogP contribution in [0.25, 0.3) is 0 Å². The van der Waals surface area contributed by atoms with Gasteiger partial charge in [-0.05, 0) is 18.2 Å². The van der Waals surface area contributed by atoms with E-state index in [1.54, 1.807) is 0 Å². The largest absolute Gasteiger partial charge is 0.330 e. The fourth-order valence-electron chi connectivity index (χ4n) is 1.15. The van der Waals surface area contributed by atoms with Crippen molar-refractivity contribution in [1.29, 1.82) is 0 Å². The van der Waals surface area contributed by atoms with E-state index in [1.165, 1.54) is 12.1 Å². The molecule has 0 heterocycles. The average molecular weight is 199 g/mol. The Morgan fingerprint density at radius 2 is 2.07 bits per heavy atom. The number of halogens is 2. The highest BCUT2D eigenvalue weighted by atomic mass is 19.2. The van der Waals surface area contributed by atoms with E-state index in [0.717, 1.165) is 6.07 Å². The van der Waals surface area contributed by atoms with Crippen molar-refractivity contribution < 1.29 is 13.6 Å². The number of rotatable bonds is 4. The Hall–Kier alpha value is -1.29. The fourth-order valence-corrected chi connectivity index (χ4v) is 1.15. The molecule has 0 aliphatic heterocycles. The average Bonchev–Trinajstić information content (AvgIpc) is 2.13. The summed E-state index contributed by atoms with van der Waals surface area (Å²) in [6.45, 7) is 0.232. The number of ketones is 1. The topological polar surface area (TPSA) is 43.1 Å². The monoisotopic (exact) mass is 199 g/mol. The van der Waals surface area contributed by atoms with Crippen molar-refractivity contribution in [1.82, 2.24) is 0 Å². The molecule has 0 fully saturated rings. The summed E-state index contributed by atoms with van der Waals surface area (Å²) < 4.78 is 25.7. The van der Waals surface area contributed by atoms with Crippen LogP contribution in [-0.2, 0) is 11.2 Å². The predicted molar refractivity (Wildman–Crippen MR) is 48.7 cm³/mol. The lowest BCUT2D eigenvalue weighted by atomic mass is 10.1. The Bertz CT molecular complexity index is 339. The number of hydrogen-bond acceptors (Lipinski definition) is 2. The van der Waals surface area contributed by atoms with Gasteiger partial charge in [-0.1, -0.05) is 12.1 Å². The van der Waals surface area contributed by atoms with Gasteiger partial charge in [0.1, 0.15) is 5.78 Å². The minimum atomic E-state index is -0.946. The summed E-state index contributed by atoms with van der Waals surface area (Å²) in [5.74, 6) is -2.06. The molecule has 1 aromatic carbocycles. The highest BCUT2D eigenvalue weighted by Crippen LogP contribution is 2.12. The molecule has 76 valence electrons.